The first-order valence-corrected chi connectivity index (χ1v) is 7.41. The average Bonchev–Trinajstić information content (AvgIpc) is 2.50. The lowest BCUT2D eigenvalue weighted by Gasteiger charge is -2.22. The summed E-state index contributed by atoms with van der Waals surface area (Å²) in [6.45, 7) is 2.24. The Morgan fingerprint density at radius 3 is 2.62 bits per heavy atom. The van der Waals surface area contributed by atoms with E-state index < -0.39 is 11.6 Å². The van der Waals surface area contributed by atoms with Crippen molar-refractivity contribution >= 4 is 0 Å². The molecule has 0 unspecified atom stereocenters. The van der Waals surface area contributed by atoms with Crippen LogP contribution in [0.15, 0.2) is 42.5 Å². The molecule has 0 radical (unpaired) electrons. The Labute approximate surface area is 123 Å². The van der Waals surface area contributed by atoms with E-state index in [1.54, 1.807) is 0 Å². The molecule has 3 rings (SSSR count). The van der Waals surface area contributed by atoms with E-state index in [2.05, 4.69) is 29.6 Å². The highest BCUT2D eigenvalue weighted by atomic mass is 19.1. The molecular weight excluding hydrogens is 270 g/mol. The van der Waals surface area contributed by atoms with Gasteiger partial charge in [0.05, 0.1) is 12.1 Å². The average molecular weight is 290 g/mol. The lowest BCUT2D eigenvalue weighted by atomic mass is 9.94. The SMILES string of the molecule is Fc1cccc(F)c1C[NH2+]C[C@@H]1[NH2+]CCc2ccccc21. The zero-order valence-corrected chi connectivity index (χ0v) is 11.9. The monoisotopic (exact) mass is 290 g/mol. The highest BCUT2D eigenvalue weighted by Gasteiger charge is 2.24. The lowest BCUT2D eigenvalue weighted by molar-refractivity contribution is -0.763. The molecule has 2 nitrogen and oxygen atoms in total. The molecule has 0 amide bonds. The van der Waals surface area contributed by atoms with Gasteiger partial charge in [-0.2, -0.15) is 0 Å². The first-order chi connectivity index (χ1) is 10.3. The number of hydrogen-bond donors (Lipinski definition) is 2. The summed E-state index contributed by atoms with van der Waals surface area (Å²) in [5.41, 5.74) is 2.92. The van der Waals surface area contributed by atoms with Crippen LogP contribution in [-0.4, -0.2) is 13.1 Å². The van der Waals surface area contributed by atoms with Gasteiger partial charge in [-0.3, -0.25) is 0 Å². The number of hydrogen-bond acceptors (Lipinski definition) is 0. The van der Waals surface area contributed by atoms with E-state index in [0.29, 0.717) is 12.6 Å². The molecule has 4 heteroatoms. The normalized spacial score (nSPS) is 17.5. The molecule has 1 heterocycles. The smallest absolute Gasteiger partial charge is 0.161 e. The van der Waals surface area contributed by atoms with Crippen molar-refractivity contribution in [1.29, 1.82) is 0 Å². The van der Waals surface area contributed by atoms with Crippen LogP contribution >= 0.6 is 0 Å². The molecule has 2 aromatic rings. The van der Waals surface area contributed by atoms with Crippen LogP contribution in [0.3, 0.4) is 0 Å². The molecule has 1 aliphatic heterocycles. The standard InChI is InChI=1S/C17H18F2N2/c18-15-6-3-7-16(19)14(15)10-20-11-17-13-5-2-1-4-12(13)8-9-21-17/h1-7,17,20-21H,8-11H2/p+2/t17-/m0/s1. The van der Waals surface area contributed by atoms with Crippen LogP contribution in [0.5, 0.6) is 0 Å². The second kappa shape index (κ2) is 6.33. The van der Waals surface area contributed by atoms with Gasteiger partial charge in [-0.1, -0.05) is 30.3 Å². The Balaban J connectivity index is 1.64. The van der Waals surface area contributed by atoms with Crippen molar-refractivity contribution in [2.75, 3.05) is 13.1 Å². The van der Waals surface area contributed by atoms with Gasteiger partial charge in [0, 0.05) is 12.0 Å². The second-order valence-corrected chi connectivity index (χ2v) is 5.51. The zero-order chi connectivity index (χ0) is 14.7. The van der Waals surface area contributed by atoms with Gasteiger partial charge in [0.15, 0.2) is 6.04 Å². The van der Waals surface area contributed by atoms with Crippen molar-refractivity contribution in [3.8, 4) is 0 Å². The summed E-state index contributed by atoms with van der Waals surface area (Å²) in [5, 5.41) is 4.31. The topological polar surface area (TPSA) is 33.2 Å². The summed E-state index contributed by atoms with van der Waals surface area (Å²) in [7, 11) is 0. The Kier molecular flexibility index (Phi) is 4.27. The summed E-state index contributed by atoms with van der Waals surface area (Å²) in [5.74, 6) is -0.918. The Morgan fingerprint density at radius 1 is 1.05 bits per heavy atom. The molecule has 0 aromatic heterocycles. The van der Waals surface area contributed by atoms with E-state index in [0.717, 1.165) is 19.5 Å². The van der Waals surface area contributed by atoms with Gasteiger partial charge in [-0.05, 0) is 17.7 Å². The predicted molar refractivity (Wildman–Crippen MR) is 76.5 cm³/mol. The van der Waals surface area contributed by atoms with Gasteiger partial charge in [0.1, 0.15) is 24.7 Å². The maximum Gasteiger partial charge on any atom is 0.161 e. The molecule has 110 valence electrons. The number of rotatable bonds is 4. The highest BCUT2D eigenvalue weighted by molar-refractivity contribution is 5.30. The van der Waals surface area contributed by atoms with E-state index in [-0.39, 0.29) is 5.56 Å². The Bertz CT molecular complexity index is 608. The van der Waals surface area contributed by atoms with Gasteiger partial charge in [-0.15, -0.1) is 0 Å². The summed E-state index contributed by atoms with van der Waals surface area (Å²) >= 11 is 0. The predicted octanol–water partition coefficient (Wildman–Crippen LogP) is 0.889. The van der Waals surface area contributed by atoms with Gasteiger partial charge < -0.3 is 10.6 Å². The molecule has 21 heavy (non-hydrogen) atoms. The zero-order valence-electron chi connectivity index (χ0n) is 11.9. The highest BCUT2D eigenvalue weighted by Crippen LogP contribution is 2.17. The molecule has 0 fully saturated rings. The Morgan fingerprint density at radius 2 is 1.81 bits per heavy atom. The number of nitrogens with two attached hydrogens (primary N) is 2. The lowest BCUT2D eigenvalue weighted by Crippen LogP contribution is -2.96. The van der Waals surface area contributed by atoms with E-state index in [4.69, 9.17) is 0 Å². The molecule has 1 aliphatic rings. The summed E-state index contributed by atoms with van der Waals surface area (Å²) in [6.07, 6.45) is 1.09. The molecule has 0 saturated carbocycles. The largest absolute Gasteiger partial charge is 0.337 e. The van der Waals surface area contributed by atoms with Crippen LogP contribution in [0.2, 0.25) is 0 Å². The van der Waals surface area contributed by atoms with E-state index in [1.165, 1.54) is 29.3 Å². The molecule has 0 spiro atoms. The van der Waals surface area contributed by atoms with Crippen molar-refractivity contribution in [3.63, 3.8) is 0 Å². The van der Waals surface area contributed by atoms with Gasteiger partial charge in [-0.25, -0.2) is 8.78 Å². The first-order valence-electron chi connectivity index (χ1n) is 7.41. The fraction of sp³-hybridized carbons (Fsp3) is 0.294. The van der Waals surface area contributed by atoms with E-state index >= 15 is 0 Å². The molecule has 0 saturated heterocycles. The van der Waals surface area contributed by atoms with Gasteiger partial charge in [0.2, 0.25) is 0 Å². The fourth-order valence-corrected chi connectivity index (χ4v) is 3.05. The van der Waals surface area contributed by atoms with Gasteiger partial charge in [0.25, 0.3) is 0 Å². The fourth-order valence-electron chi connectivity index (χ4n) is 3.05. The summed E-state index contributed by atoms with van der Waals surface area (Å²) in [6, 6.07) is 12.9. The molecule has 0 aliphatic carbocycles. The molecule has 0 bridgehead atoms. The molecule has 1 atom stereocenters. The van der Waals surface area contributed by atoms with Gasteiger partial charge >= 0.3 is 0 Å². The van der Waals surface area contributed by atoms with Crippen LogP contribution in [0.4, 0.5) is 8.78 Å². The van der Waals surface area contributed by atoms with E-state index in [1.807, 2.05) is 5.32 Å². The third kappa shape index (κ3) is 3.12. The maximum atomic E-state index is 13.6. The third-order valence-corrected chi connectivity index (χ3v) is 4.15. The number of quaternary nitrogens is 2. The van der Waals surface area contributed by atoms with Crippen LogP contribution in [-0.2, 0) is 13.0 Å². The van der Waals surface area contributed by atoms with Crippen molar-refractivity contribution in [1.82, 2.24) is 0 Å². The maximum absolute atomic E-state index is 13.6. The van der Waals surface area contributed by atoms with Crippen molar-refractivity contribution in [2.45, 2.75) is 19.0 Å². The van der Waals surface area contributed by atoms with Crippen LogP contribution in [0.25, 0.3) is 0 Å². The third-order valence-electron chi connectivity index (χ3n) is 4.15. The van der Waals surface area contributed by atoms with Crippen LogP contribution < -0.4 is 10.6 Å². The number of halogens is 2. The van der Waals surface area contributed by atoms with Crippen LogP contribution in [0, 0.1) is 11.6 Å². The number of fused-ring (bicyclic) bond motifs is 1. The van der Waals surface area contributed by atoms with E-state index in [9.17, 15) is 8.78 Å². The molecule has 2 aromatic carbocycles. The van der Waals surface area contributed by atoms with Crippen molar-refractivity contribution in [2.24, 2.45) is 0 Å². The number of benzene rings is 2. The second-order valence-electron chi connectivity index (χ2n) is 5.51. The van der Waals surface area contributed by atoms with Crippen LogP contribution in [0.1, 0.15) is 22.7 Å². The molecular formula is C17H20F2N2+2. The molecule has 4 N–H and O–H groups in total. The minimum atomic E-state index is -0.459. The van der Waals surface area contributed by atoms with Crippen molar-refractivity contribution in [3.05, 3.63) is 70.8 Å². The quantitative estimate of drug-likeness (QED) is 0.838. The summed E-state index contributed by atoms with van der Waals surface area (Å²) < 4.78 is 27.2. The first kappa shape index (κ1) is 14.2. The minimum Gasteiger partial charge on any atom is -0.337 e. The minimum absolute atomic E-state index is 0.168. The summed E-state index contributed by atoms with van der Waals surface area (Å²) in [4.78, 5) is 0. The Hall–Kier alpha value is -1.78. The van der Waals surface area contributed by atoms with Crippen molar-refractivity contribution < 1.29 is 19.4 Å².